The molecule has 124 valence electrons. The van der Waals surface area contributed by atoms with Crippen LogP contribution in [-0.4, -0.2) is 17.8 Å². The highest BCUT2D eigenvalue weighted by molar-refractivity contribution is 7.15. The normalized spacial score (nSPS) is 11.0. The van der Waals surface area contributed by atoms with E-state index in [1.54, 1.807) is 28.9 Å². The fourth-order valence-electron chi connectivity index (χ4n) is 2.01. The zero-order chi connectivity index (χ0) is 16.6. The highest BCUT2D eigenvalue weighted by Gasteiger charge is 2.04. The highest BCUT2D eigenvalue weighted by Crippen LogP contribution is 2.28. The van der Waals surface area contributed by atoms with Crippen LogP contribution in [0.5, 0.6) is 5.75 Å². The van der Waals surface area contributed by atoms with Crippen molar-refractivity contribution in [3.63, 3.8) is 0 Å². The lowest BCUT2D eigenvalue weighted by Gasteiger charge is -2.04. The summed E-state index contributed by atoms with van der Waals surface area (Å²) in [6, 6.07) is 12.0. The number of thiophene rings is 1. The third kappa shape index (κ3) is 4.66. The van der Waals surface area contributed by atoms with Gasteiger partial charge in [0.1, 0.15) is 5.75 Å². The van der Waals surface area contributed by atoms with Gasteiger partial charge in [-0.25, -0.2) is 4.98 Å². The van der Waals surface area contributed by atoms with Crippen molar-refractivity contribution in [2.24, 2.45) is 5.10 Å². The van der Waals surface area contributed by atoms with E-state index in [-0.39, 0.29) is 0 Å². The van der Waals surface area contributed by atoms with Crippen LogP contribution >= 0.6 is 22.7 Å². The van der Waals surface area contributed by atoms with Crippen LogP contribution in [0.25, 0.3) is 10.6 Å². The summed E-state index contributed by atoms with van der Waals surface area (Å²) in [6.45, 7) is 2.92. The van der Waals surface area contributed by atoms with Gasteiger partial charge in [-0.1, -0.05) is 19.4 Å². The maximum atomic E-state index is 5.65. The number of nitrogens with one attached hydrogen (secondary N) is 1. The average molecular weight is 358 g/mol. The Bertz CT molecular complexity index is 764. The summed E-state index contributed by atoms with van der Waals surface area (Å²) in [5, 5.41) is 9.12. The van der Waals surface area contributed by atoms with Gasteiger partial charge in [-0.3, -0.25) is 5.43 Å². The van der Waals surface area contributed by atoms with E-state index in [4.69, 9.17) is 4.74 Å². The van der Waals surface area contributed by atoms with E-state index in [1.807, 2.05) is 35.7 Å². The lowest BCUT2D eigenvalue weighted by molar-refractivity contribution is 0.309. The van der Waals surface area contributed by atoms with Crippen LogP contribution in [0.2, 0.25) is 0 Å². The predicted molar refractivity (Wildman–Crippen MR) is 103 cm³/mol. The molecule has 2 aromatic heterocycles. The number of thiazole rings is 1. The quantitative estimate of drug-likeness (QED) is 0.329. The molecule has 0 fully saturated rings. The lowest BCUT2D eigenvalue weighted by Crippen LogP contribution is -1.96. The molecule has 3 aromatic rings. The van der Waals surface area contributed by atoms with Crippen molar-refractivity contribution in [3.8, 4) is 16.3 Å². The Hall–Kier alpha value is -2.18. The second kappa shape index (κ2) is 8.61. The maximum absolute atomic E-state index is 5.65. The van der Waals surface area contributed by atoms with Crippen molar-refractivity contribution in [1.82, 2.24) is 4.98 Å². The summed E-state index contributed by atoms with van der Waals surface area (Å²) >= 11 is 3.23. The molecule has 1 aromatic carbocycles. The molecule has 0 saturated heterocycles. The molecule has 0 atom stereocenters. The van der Waals surface area contributed by atoms with Crippen LogP contribution in [0.15, 0.2) is 52.3 Å². The molecular formula is C18H19N3OS2. The minimum Gasteiger partial charge on any atom is -0.494 e. The topological polar surface area (TPSA) is 46.5 Å². The van der Waals surface area contributed by atoms with E-state index < -0.39 is 0 Å². The largest absolute Gasteiger partial charge is 0.494 e. The number of hydrazone groups is 1. The van der Waals surface area contributed by atoms with Crippen molar-refractivity contribution in [2.45, 2.75) is 19.8 Å². The molecule has 0 aliphatic rings. The molecule has 3 rings (SSSR count). The fourth-order valence-corrected chi connectivity index (χ4v) is 3.43. The van der Waals surface area contributed by atoms with Crippen LogP contribution in [0, 0.1) is 0 Å². The number of hydrogen-bond donors (Lipinski definition) is 1. The standard InChI is InChI=1S/C18H19N3OS2/c1-2-3-10-22-15-8-6-14(7-9-15)12-19-21-18-20-16(13-24-18)17-5-4-11-23-17/h4-9,11-13H,2-3,10H2,1H3,(H,20,21)/b19-12-. The zero-order valence-corrected chi connectivity index (χ0v) is 15.1. The van der Waals surface area contributed by atoms with Crippen molar-refractivity contribution < 1.29 is 4.74 Å². The van der Waals surface area contributed by atoms with Crippen molar-refractivity contribution in [3.05, 3.63) is 52.7 Å². The van der Waals surface area contributed by atoms with Gasteiger partial charge in [0, 0.05) is 5.38 Å². The number of nitrogens with zero attached hydrogens (tertiary/aromatic N) is 2. The number of rotatable bonds is 8. The van der Waals surface area contributed by atoms with E-state index >= 15 is 0 Å². The summed E-state index contributed by atoms with van der Waals surface area (Å²) in [6.07, 6.45) is 4.00. The summed E-state index contributed by atoms with van der Waals surface area (Å²) in [4.78, 5) is 5.69. The molecule has 1 N–H and O–H groups in total. The summed E-state index contributed by atoms with van der Waals surface area (Å²) in [5.41, 5.74) is 4.98. The molecular weight excluding hydrogens is 338 g/mol. The average Bonchev–Trinajstić information content (AvgIpc) is 3.28. The third-order valence-corrected chi connectivity index (χ3v) is 4.94. The van der Waals surface area contributed by atoms with Gasteiger partial charge in [0.15, 0.2) is 0 Å². The number of ether oxygens (including phenoxy) is 1. The summed E-state index contributed by atoms with van der Waals surface area (Å²) < 4.78 is 5.65. The molecule has 6 heteroatoms. The molecule has 0 radical (unpaired) electrons. The number of unbranched alkanes of at least 4 members (excludes halogenated alkanes) is 1. The summed E-state index contributed by atoms with van der Waals surface area (Å²) in [7, 11) is 0. The van der Waals surface area contributed by atoms with Gasteiger partial charge in [0.2, 0.25) is 5.13 Å². The van der Waals surface area contributed by atoms with Crippen molar-refractivity contribution >= 4 is 34.0 Å². The van der Waals surface area contributed by atoms with Gasteiger partial charge in [-0.15, -0.1) is 22.7 Å². The zero-order valence-electron chi connectivity index (χ0n) is 13.4. The Labute approximate surface area is 149 Å². The van der Waals surface area contributed by atoms with Gasteiger partial charge in [-0.2, -0.15) is 5.10 Å². The van der Waals surface area contributed by atoms with E-state index in [9.17, 15) is 0 Å². The van der Waals surface area contributed by atoms with Gasteiger partial charge < -0.3 is 4.74 Å². The third-order valence-electron chi connectivity index (χ3n) is 3.30. The highest BCUT2D eigenvalue weighted by atomic mass is 32.1. The van der Waals surface area contributed by atoms with Crippen LogP contribution in [-0.2, 0) is 0 Å². The smallest absolute Gasteiger partial charge is 0.203 e. The molecule has 0 spiro atoms. The van der Waals surface area contributed by atoms with Crippen LogP contribution in [0.4, 0.5) is 5.13 Å². The molecule has 0 saturated carbocycles. The van der Waals surface area contributed by atoms with Crippen molar-refractivity contribution in [1.29, 1.82) is 0 Å². The van der Waals surface area contributed by atoms with E-state index in [0.29, 0.717) is 0 Å². The molecule has 0 bridgehead atoms. The Morgan fingerprint density at radius 3 is 2.83 bits per heavy atom. The monoisotopic (exact) mass is 357 g/mol. The van der Waals surface area contributed by atoms with Crippen molar-refractivity contribution in [2.75, 3.05) is 12.0 Å². The van der Waals surface area contributed by atoms with Gasteiger partial charge in [0.25, 0.3) is 0 Å². The Morgan fingerprint density at radius 1 is 1.21 bits per heavy atom. The molecule has 0 unspecified atom stereocenters. The van der Waals surface area contributed by atoms with Gasteiger partial charge in [0.05, 0.1) is 23.4 Å². The molecule has 2 heterocycles. The first-order valence-electron chi connectivity index (χ1n) is 7.86. The van der Waals surface area contributed by atoms with E-state index in [0.717, 1.165) is 41.6 Å². The Balaban J connectivity index is 1.52. The molecule has 4 nitrogen and oxygen atoms in total. The molecule has 0 amide bonds. The number of benzene rings is 1. The second-order valence-corrected chi connectivity index (χ2v) is 6.96. The predicted octanol–water partition coefficient (Wildman–Crippen LogP) is 5.50. The first kappa shape index (κ1) is 16.7. The van der Waals surface area contributed by atoms with E-state index in [2.05, 4.69) is 33.9 Å². The minimum absolute atomic E-state index is 0.766. The minimum atomic E-state index is 0.766. The lowest BCUT2D eigenvalue weighted by atomic mass is 10.2. The first-order valence-corrected chi connectivity index (χ1v) is 9.62. The Morgan fingerprint density at radius 2 is 2.08 bits per heavy atom. The maximum Gasteiger partial charge on any atom is 0.203 e. The Kier molecular flexibility index (Phi) is 5.98. The molecule has 24 heavy (non-hydrogen) atoms. The van der Waals surface area contributed by atoms with E-state index in [1.165, 1.54) is 4.88 Å². The fraction of sp³-hybridized carbons (Fsp3) is 0.222. The van der Waals surface area contributed by atoms with Gasteiger partial charge >= 0.3 is 0 Å². The number of hydrogen-bond acceptors (Lipinski definition) is 6. The van der Waals surface area contributed by atoms with Crippen LogP contribution in [0.1, 0.15) is 25.3 Å². The van der Waals surface area contributed by atoms with Crippen LogP contribution < -0.4 is 10.2 Å². The molecule has 0 aliphatic carbocycles. The molecule has 0 aliphatic heterocycles. The second-order valence-electron chi connectivity index (χ2n) is 5.16. The van der Waals surface area contributed by atoms with Gasteiger partial charge in [-0.05, 0) is 47.7 Å². The number of aromatic nitrogens is 1. The first-order chi connectivity index (χ1) is 11.8. The summed E-state index contributed by atoms with van der Waals surface area (Å²) in [5.74, 6) is 0.897. The number of anilines is 1. The SMILES string of the molecule is CCCCOc1ccc(/C=N\Nc2nc(-c3cccs3)cs2)cc1. The van der Waals surface area contributed by atoms with Crippen LogP contribution in [0.3, 0.4) is 0 Å².